The molecule has 3 heterocycles. The number of anilines is 1. The molecule has 1 unspecified atom stereocenters. The fourth-order valence-electron chi connectivity index (χ4n) is 4.61. The van der Waals surface area contributed by atoms with Crippen molar-refractivity contribution in [3.63, 3.8) is 0 Å². The third kappa shape index (κ3) is 4.00. The Morgan fingerprint density at radius 3 is 2.97 bits per heavy atom. The average molecular weight is 484 g/mol. The number of carbonyl (C=O) groups is 1. The Labute approximate surface area is 200 Å². The zero-order valence-corrected chi connectivity index (χ0v) is 20.7. The zero-order chi connectivity index (χ0) is 22.2. The summed E-state index contributed by atoms with van der Waals surface area (Å²) in [6.45, 7) is 2.24. The molecule has 0 saturated heterocycles. The quantitative estimate of drug-likeness (QED) is 0.504. The van der Waals surface area contributed by atoms with Crippen LogP contribution in [0.1, 0.15) is 52.6 Å². The summed E-state index contributed by atoms with van der Waals surface area (Å²) in [6, 6.07) is 2.31. The number of nitriles is 1. The lowest BCUT2D eigenvalue weighted by molar-refractivity contribution is -0.113. The smallest absolute Gasteiger partial charge is 0.235 e. The molecule has 0 aliphatic heterocycles. The maximum atomic E-state index is 12.7. The van der Waals surface area contributed by atoms with E-state index in [4.69, 9.17) is 0 Å². The van der Waals surface area contributed by atoms with Gasteiger partial charge in [-0.3, -0.25) is 4.79 Å². The van der Waals surface area contributed by atoms with Crippen LogP contribution in [-0.4, -0.2) is 26.4 Å². The third-order valence-electron chi connectivity index (χ3n) is 6.35. The fourth-order valence-corrected chi connectivity index (χ4v) is 7.82. The first-order valence-electron chi connectivity index (χ1n) is 11.0. The van der Waals surface area contributed by atoms with Crippen LogP contribution >= 0.6 is 34.4 Å². The minimum atomic E-state index is -0.115. The predicted molar refractivity (Wildman–Crippen MR) is 131 cm³/mol. The molecular formula is C23H25N5OS3. The Balaban J connectivity index is 1.27. The van der Waals surface area contributed by atoms with Gasteiger partial charge < -0.3 is 9.88 Å². The van der Waals surface area contributed by atoms with Gasteiger partial charge in [-0.05, 0) is 62.0 Å². The van der Waals surface area contributed by atoms with Gasteiger partial charge in [-0.25, -0.2) is 0 Å². The second-order valence-corrected chi connectivity index (χ2v) is 11.6. The van der Waals surface area contributed by atoms with Crippen molar-refractivity contribution < 1.29 is 4.79 Å². The van der Waals surface area contributed by atoms with Crippen LogP contribution in [0, 0.1) is 17.2 Å². The monoisotopic (exact) mass is 483 g/mol. The van der Waals surface area contributed by atoms with Gasteiger partial charge >= 0.3 is 0 Å². The molecule has 9 heteroatoms. The van der Waals surface area contributed by atoms with Crippen LogP contribution in [-0.2, 0) is 37.5 Å². The summed E-state index contributed by atoms with van der Waals surface area (Å²) < 4.78 is 1.99. The standard InChI is InChI=1S/C23H25N5OS3/c1-13-7-8-15-16(10-24)22(32-19(15)9-13)25-20(29)12-31-23-27-26-21(28(23)2)17-11-30-18-6-4-3-5-14(17)18/h11,13H,3-9,12H2,1-2H3,(H,25,29). The molecule has 0 bridgehead atoms. The van der Waals surface area contributed by atoms with Crippen LogP contribution in [0.15, 0.2) is 10.5 Å². The van der Waals surface area contributed by atoms with Gasteiger partial charge in [0.25, 0.3) is 0 Å². The first-order chi connectivity index (χ1) is 15.5. The number of thiophene rings is 2. The van der Waals surface area contributed by atoms with Crippen LogP contribution in [0.5, 0.6) is 0 Å². The number of aromatic nitrogens is 3. The molecule has 0 saturated carbocycles. The summed E-state index contributed by atoms with van der Waals surface area (Å²) in [5.41, 5.74) is 4.40. The molecule has 32 heavy (non-hydrogen) atoms. The Morgan fingerprint density at radius 1 is 1.28 bits per heavy atom. The number of thioether (sulfide) groups is 1. The Morgan fingerprint density at radius 2 is 2.12 bits per heavy atom. The molecular weight excluding hydrogens is 458 g/mol. The van der Waals surface area contributed by atoms with Crippen molar-refractivity contribution in [1.82, 2.24) is 14.8 Å². The second kappa shape index (κ2) is 9.00. The lowest BCUT2D eigenvalue weighted by Crippen LogP contribution is -2.14. The van der Waals surface area contributed by atoms with E-state index in [-0.39, 0.29) is 11.7 Å². The summed E-state index contributed by atoms with van der Waals surface area (Å²) in [4.78, 5) is 15.4. The van der Waals surface area contributed by atoms with E-state index in [1.165, 1.54) is 45.5 Å². The van der Waals surface area contributed by atoms with Gasteiger partial charge in [-0.2, -0.15) is 5.26 Å². The first kappa shape index (κ1) is 21.7. The molecule has 166 valence electrons. The van der Waals surface area contributed by atoms with Gasteiger partial charge in [-0.1, -0.05) is 18.7 Å². The van der Waals surface area contributed by atoms with E-state index >= 15 is 0 Å². The Hall–Kier alpha value is -2.15. The first-order valence-corrected chi connectivity index (χ1v) is 13.7. The van der Waals surface area contributed by atoms with Crippen molar-refractivity contribution in [2.24, 2.45) is 13.0 Å². The molecule has 0 fully saturated rings. The summed E-state index contributed by atoms with van der Waals surface area (Å²) in [7, 11) is 1.96. The van der Waals surface area contributed by atoms with Crippen LogP contribution in [0.3, 0.4) is 0 Å². The van der Waals surface area contributed by atoms with E-state index in [0.29, 0.717) is 16.5 Å². The number of fused-ring (bicyclic) bond motifs is 2. The van der Waals surface area contributed by atoms with Gasteiger partial charge in [0, 0.05) is 27.7 Å². The summed E-state index contributed by atoms with van der Waals surface area (Å²) in [5.74, 6) is 1.62. The largest absolute Gasteiger partial charge is 0.316 e. The highest BCUT2D eigenvalue weighted by atomic mass is 32.2. The fraction of sp³-hybridized carbons (Fsp3) is 0.478. The Kier molecular flexibility index (Phi) is 6.10. The third-order valence-corrected chi connectivity index (χ3v) is 9.62. The van der Waals surface area contributed by atoms with E-state index in [1.54, 1.807) is 11.3 Å². The number of aryl methyl sites for hydroxylation is 1. The number of nitrogens with zero attached hydrogens (tertiary/aromatic N) is 4. The van der Waals surface area contributed by atoms with Crippen molar-refractivity contribution in [2.45, 2.75) is 57.0 Å². The summed E-state index contributed by atoms with van der Waals surface area (Å²) in [5, 5.41) is 25.0. The molecule has 1 N–H and O–H groups in total. The van der Waals surface area contributed by atoms with Gasteiger partial charge in [0.05, 0.1) is 11.3 Å². The number of hydrogen-bond donors (Lipinski definition) is 1. The number of nitrogens with one attached hydrogen (secondary N) is 1. The molecule has 1 amide bonds. The van der Waals surface area contributed by atoms with Crippen LogP contribution < -0.4 is 5.32 Å². The van der Waals surface area contributed by atoms with E-state index in [1.807, 2.05) is 23.0 Å². The van der Waals surface area contributed by atoms with Crippen molar-refractivity contribution >= 4 is 45.3 Å². The summed E-state index contributed by atoms with van der Waals surface area (Å²) in [6.07, 6.45) is 7.78. The number of rotatable bonds is 5. The molecule has 2 aliphatic carbocycles. The molecule has 2 aliphatic rings. The molecule has 6 nitrogen and oxygen atoms in total. The molecule has 5 rings (SSSR count). The topological polar surface area (TPSA) is 83.6 Å². The SMILES string of the molecule is CC1CCc2c(sc(NC(=O)CSc3nnc(-c4csc5c4CCCC5)n3C)c2C#N)C1. The van der Waals surface area contributed by atoms with Crippen molar-refractivity contribution in [2.75, 3.05) is 11.1 Å². The Bertz CT molecular complexity index is 1220. The van der Waals surface area contributed by atoms with Crippen molar-refractivity contribution in [3.05, 3.63) is 31.8 Å². The van der Waals surface area contributed by atoms with Gasteiger partial charge in [0.15, 0.2) is 11.0 Å². The van der Waals surface area contributed by atoms with E-state index in [2.05, 4.69) is 33.9 Å². The highest BCUT2D eigenvalue weighted by Crippen LogP contribution is 2.39. The van der Waals surface area contributed by atoms with Crippen LogP contribution in [0.25, 0.3) is 11.4 Å². The highest BCUT2D eigenvalue weighted by molar-refractivity contribution is 7.99. The molecule has 3 aromatic heterocycles. The van der Waals surface area contributed by atoms with Crippen molar-refractivity contribution in [3.8, 4) is 17.5 Å². The highest BCUT2D eigenvalue weighted by Gasteiger charge is 2.25. The predicted octanol–water partition coefficient (Wildman–Crippen LogP) is 5.21. The van der Waals surface area contributed by atoms with Gasteiger partial charge in [0.1, 0.15) is 11.1 Å². The maximum Gasteiger partial charge on any atom is 0.235 e. The maximum absolute atomic E-state index is 12.7. The molecule has 0 spiro atoms. The van der Waals surface area contributed by atoms with Crippen molar-refractivity contribution in [1.29, 1.82) is 5.26 Å². The number of carbonyl (C=O) groups excluding carboxylic acids is 1. The van der Waals surface area contributed by atoms with Gasteiger partial charge in [0.2, 0.25) is 5.91 Å². The minimum Gasteiger partial charge on any atom is -0.316 e. The second-order valence-electron chi connectivity index (χ2n) is 8.63. The van der Waals surface area contributed by atoms with E-state index in [0.717, 1.165) is 48.6 Å². The molecule has 0 aromatic carbocycles. The normalized spacial score (nSPS) is 17.5. The molecule has 0 radical (unpaired) electrons. The van der Waals surface area contributed by atoms with E-state index < -0.39 is 0 Å². The minimum absolute atomic E-state index is 0.115. The lowest BCUT2D eigenvalue weighted by Gasteiger charge is -2.17. The molecule has 1 atom stereocenters. The van der Waals surface area contributed by atoms with Gasteiger partial charge in [-0.15, -0.1) is 32.9 Å². The zero-order valence-electron chi connectivity index (χ0n) is 18.2. The number of hydrogen-bond acceptors (Lipinski definition) is 7. The van der Waals surface area contributed by atoms with Crippen LogP contribution in [0.2, 0.25) is 0 Å². The van der Waals surface area contributed by atoms with E-state index in [9.17, 15) is 10.1 Å². The average Bonchev–Trinajstić information content (AvgIpc) is 3.46. The number of amides is 1. The molecule has 3 aromatic rings. The summed E-state index contributed by atoms with van der Waals surface area (Å²) >= 11 is 4.77. The lowest BCUT2D eigenvalue weighted by atomic mass is 9.89. The van der Waals surface area contributed by atoms with Crippen LogP contribution in [0.4, 0.5) is 5.00 Å².